The molecule has 0 aliphatic heterocycles. The van der Waals surface area contributed by atoms with Gasteiger partial charge in [-0.3, -0.25) is 0 Å². The topological polar surface area (TPSA) is 53.1 Å². The highest BCUT2D eigenvalue weighted by atomic mass is 19.1. The zero-order valence-electron chi connectivity index (χ0n) is 10.9. The van der Waals surface area contributed by atoms with E-state index >= 15 is 0 Å². The summed E-state index contributed by atoms with van der Waals surface area (Å²) in [5, 5.41) is 0. The van der Waals surface area contributed by atoms with Crippen molar-refractivity contribution in [2.45, 2.75) is 26.8 Å². The second-order valence-electron chi connectivity index (χ2n) is 4.44. The number of nitrogens with zero attached hydrogens (tertiary/aromatic N) is 2. The van der Waals surface area contributed by atoms with Crippen molar-refractivity contribution in [3.8, 4) is 0 Å². The van der Waals surface area contributed by atoms with E-state index in [1.165, 1.54) is 6.07 Å². The highest BCUT2D eigenvalue weighted by Gasteiger charge is 2.15. The maximum Gasteiger partial charge on any atom is 0.201 e. The lowest BCUT2D eigenvalue weighted by atomic mass is 10.2. The highest BCUT2D eigenvalue weighted by Crippen LogP contribution is 2.25. The van der Waals surface area contributed by atoms with E-state index in [2.05, 4.69) is 4.98 Å². The average Bonchev–Trinajstić information content (AvgIpc) is 2.62. The number of fused-ring (bicyclic) bond motifs is 1. The minimum atomic E-state index is -0.260. The van der Waals surface area contributed by atoms with Gasteiger partial charge in [0.05, 0.1) is 23.7 Å². The minimum absolute atomic E-state index is 0.0693. The third kappa shape index (κ3) is 2.18. The molecule has 0 saturated carbocycles. The van der Waals surface area contributed by atoms with Crippen molar-refractivity contribution in [2.75, 3.05) is 18.9 Å². The fraction of sp³-hybridized carbons (Fsp3) is 0.462. The quantitative estimate of drug-likeness (QED) is 0.908. The Kier molecular flexibility index (Phi) is 3.52. The molecule has 0 fully saturated rings. The van der Waals surface area contributed by atoms with E-state index in [1.807, 2.05) is 18.4 Å². The van der Waals surface area contributed by atoms with Gasteiger partial charge in [0.2, 0.25) is 5.95 Å². The Labute approximate surface area is 106 Å². The molecule has 0 saturated heterocycles. The number of ether oxygens (including phenoxy) is 1. The predicted octanol–water partition coefficient (Wildman–Crippen LogP) is 2.66. The summed E-state index contributed by atoms with van der Waals surface area (Å²) in [6.45, 7) is 6.90. The maximum absolute atomic E-state index is 13.5. The fourth-order valence-electron chi connectivity index (χ4n) is 2.07. The van der Waals surface area contributed by atoms with Gasteiger partial charge >= 0.3 is 0 Å². The van der Waals surface area contributed by atoms with Gasteiger partial charge in [0.25, 0.3) is 0 Å². The third-order valence-electron chi connectivity index (χ3n) is 3.00. The van der Waals surface area contributed by atoms with Gasteiger partial charge in [-0.05, 0) is 32.4 Å². The number of benzene rings is 1. The molecule has 1 aromatic carbocycles. The van der Waals surface area contributed by atoms with Crippen LogP contribution in [0.1, 0.15) is 25.5 Å². The first-order chi connectivity index (χ1) is 8.54. The average molecular weight is 251 g/mol. The molecule has 1 heterocycles. The summed E-state index contributed by atoms with van der Waals surface area (Å²) in [6.07, 6.45) is 0. The molecule has 0 aliphatic rings. The first-order valence-corrected chi connectivity index (χ1v) is 6.06. The molecule has 0 spiro atoms. The van der Waals surface area contributed by atoms with E-state index in [9.17, 15) is 4.39 Å². The van der Waals surface area contributed by atoms with Crippen LogP contribution in [-0.2, 0) is 4.74 Å². The van der Waals surface area contributed by atoms with Gasteiger partial charge in [0.1, 0.15) is 5.82 Å². The van der Waals surface area contributed by atoms with E-state index in [0.29, 0.717) is 30.2 Å². The molecule has 1 aromatic heterocycles. The molecule has 4 nitrogen and oxygen atoms in total. The van der Waals surface area contributed by atoms with Gasteiger partial charge in [-0.15, -0.1) is 0 Å². The summed E-state index contributed by atoms with van der Waals surface area (Å²) in [6, 6.07) is 3.27. The SMILES string of the molecule is CCOCC(C)n1c(N)nc2cc(F)c(C)cc21. The number of imidazole rings is 1. The lowest BCUT2D eigenvalue weighted by Crippen LogP contribution is -2.14. The summed E-state index contributed by atoms with van der Waals surface area (Å²) >= 11 is 0. The van der Waals surface area contributed by atoms with Crippen LogP contribution in [0, 0.1) is 12.7 Å². The Morgan fingerprint density at radius 2 is 2.22 bits per heavy atom. The van der Waals surface area contributed by atoms with Crippen LogP contribution in [0.2, 0.25) is 0 Å². The van der Waals surface area contributed by atoms with Gasteiger partial charge in [-0.2, -0.15) is 0 Å². The zero-order chi connectivity index (χ0) is 13.3. The summed E-state index contributed by atoms with van der Waals surface area (Å²) in [5.41, 5.74) is 7.92. The molecule has 18 heavy (non-hydrogen) atoms. The normalized spacial score (nSPS) is 13.1. The van der Waals surface area contributed by atoms with Crippen molar-refractivity contribution in [1.82, 2.24) is 9.55 Å². The Morgan fingerprint density at radius 1 is 1.50 bits per heavy atom. The van der Waals surface area contributed by atoms with Crippen molar-refractivity contribution in [3.05, 3.63) is 23.5 Å². The molecule has 5 heteroatoms. The molecule has 0 radical (unpaired) electrons. The van der Waals surface area contributed by atoms with Gasteiger partial charge in [-0.1, -0.05) is 0 Å². The predicted molar refractivity (Wildman–Crippen MR) is 70.0 cm³/mol. The number of aryl methyl sites for hydroxylation is 1. The third-order valence-corrected chi connectivity index (χ3v) is 3.00. The molecule has 98 valence electrons. The van der Waals surface area contributed by atoms with Gasteiger partial charge in [0.15, 0.2) is 0 Å². The molecule has 2 N–H and O–H groups in total. The first-order valence-electron chi connectivity index (χ1n) is 6.06. The fourth-order valence-corrected chi connectivity index (χ4v) is 2.07. The summed E-state index contributed by atoms with van der Waals surface area (Å²) in [7, 11) is 0. The number of hydrogen-bond donors (Lipinski definition) is 1. The zero-order valence-corrected chi connectivity index (χ0v) is 10.9. The molecule has 1 unspecified atom stereocenters. The number of nitrogen functional groups attached to an aromatic ring is 1. The van der Waals surface area contributed by atoms with Crippen LogP contribution in [0.25, 0.3) is 11.0 Å². The van der Waals surface area contributed by atoms with Gasteiger partial charge in [0, 0.05) is 12.7 Å². The molecule has 2 rings (SSSR count). The van der Waals surface area contributed by atoms with Gasteiger partial charge in [-0.25, -0.2) is 9.37 Å². The van der Waals surface area contributed by atoms with Crippen molar-refractivity contribution < 1.29 is 9.13 Å². The molecule has 0 amide bonds. The second-order valence-corrected chi connectivity index (χ2v) is 4.44. The number of anilines is 1. The van der Waals surface area contributed by atoms with Crippen LogP contribution in [0.3, 0.4) is 0 Å². The molecule has 2 aromatic rings. The molecule has 0 aliphatic carbocycles. The Bertz CT molecular complexity index is 565. The first kappa shape index (κ1) is 12.8. The van der Waals surface area contributed by atoms with E-state index in [0.717, 1.165) is 5.52 Å². The van der Waals surface area contributed by atoms with Crippen molar-refractivity contribution in [1.29, 1.82) is 0 Å². The van der Waals surface area contributed by atoms with Crippen LogP contribution in [0.15, 0.2) is 12.1 Å². The summed E-state index contributed by atoms with van der Waals surface area (Å²) in [4.78, 5) is 4.19. The number of halogens is 1. The van der Waals surface area contributed by atoms with Crippen LogP contribution in [0.5, 0.6) is 0 Å². The lowest BCUT2D eigenvalue weighted by Gasteiger charge is -2.15. The minimum Gasteiger partial charge on any atom is -0.380 e. The van der Waals surface area contributed by atoms with Crippen LogP contribution in [0.4, 0.5) is 10.3 Å². The van der Waals surface area contributed by atoms with Gasteiger partial charge < -0.3 is 15.0 Å². The Morgan fingerprint density at radius 3 is 2.89 bits per heavy atom. The number of hydrogen-bond acceptors (Lipinski definition) is 3. The van der Waals surface area contributed by atoms with E-state index in [4.69, 9.17) is 10.5 Å². The summed E-state index contributed by atoms with van der Waals surface area (Å²) < 4.78 is 20.8. The highest BCUT2D eigenvalue weighted by molar-refractivity contribution is 5.79. The number of aromatic nitrogens is 2. The van der Waals surface area contributed by atoms with E-state index in [-0.39, 0.29) is 11.9 Å². The monoisotopic (exact) mass is 251 g/mol. The Balaban J connectivity index is 2.49. The van der Waals surface area contributed by atoms with Crippen molar-refractivity contribution >= 4 is 17.0 Å². The van der Waals surface area contributed by atoms with E-state index in [1.54, 1.807) is 13.0 Å². The number of nitrogens with two attached hydrogens (primary N) is 1. The van der Waals surface area contributed by atoms with Crippen LogP contribution < -0.4 is 5.73 Å². The summed E-state index contributed by atoms with van der Waals surface area (Å²) in [5.74, 6) is 0.131. The molecule has 1 atom stereocenters. The molecular formula is C13H18FN3O. The maximum atomic E-state index is 13.5. The largest absolute Gasteiger partial charge is 0.380 e. The van der Waals surface area contributed by atoms with Crippen molar-refractivity contribution in [3.63, 3.8) is 0 Å². The van der Waals surface area contributed by atoms with Crippen LogP contribution >= 0.6 is 0 Å². The Hall–Kier alpha value is -1.62. The smallest absolute Gasteiger partial charge is 0.201 e. The molecule has 0 bridgehead atoms. The van der Waals surface area contributed by atoms with Crippen molar-refractivity contribution in [2.24, 2.45) is 0 Å². The second kappa shape index (κ2) is 4.94. The standard InChI is InChI=1S/C13H18FN3O/c1-4-18-7-9(3)17-12-5-8(2)10(14)6-11(12)16-13(17)15/h5-6,9H,4,7H2,1-3H3,(H2,15,16). The van der Waals surface area contributed by atoms with E-state index < -0.39 is 0 Å². The lowest BCUT2D eigenvalue weighted by molar-refractivity contribution is 0.120. The number of rotatable bonds is 4. The van der Waals surface area contributed by atoms with Crippen LogP contribution in [-0.4, -0.2) is 22.8 Å². The molecular weight excluding hydrogens is 233 g/mol.